The molecule has 14 rings (SSSR count). The van der Waals surface area contributed by atoms with Crippen molar-refractivity contribution in [3.05, 3.63) is 124 Å². The highest BCUT2D eigenvalue weighted by molar-refractivity contribution is 7.04. The van der Waals surface area contributed by atoms with Crippen molar-refractivity contribution in [1.29, 1.82) is 0 Å². The molecular formula is C70H77B2N3. The SMILES string of the molecule is CCC(C)c1c2c3c4c5c1-n1c6cc(C(C)(C)C)ccc6c6cc(C(C)(C)C)cc(c61)B5c1cc(C(C)(C)C)cc5c6cc(C(C)(C)C)cc(c6n-4c15)B3c1cc(C(C)(C)C)cc3c4ccc(C(C)(C)C)cc4n-2c13. The average Bonchev–Trinajstić information content (AvgIpc) is 4.18. The molecule has 0 radical (unpaired) electrons. The van der Waals surface area contributed by atoms with Gasteiger partial charge in [0.25, 0.3) is 13.4 Å². The van der Waals surface area contributed by atoms with Crippen molar-refractivity contribution in [3.8, 4) is 17.1 Å². The third-order valence-electron chi connectivity index (χ3n) is 19.1. The summed E-state index contributed by atoms with van der Waals surface area (Å²) in [4.78, 5) is 0. The number of hydrogen-bond acceptors (Lipinski definition) is 0. The number of nitrogens with zero attached hydrogens (tertiary/aromatic N) is 3. The predicted molar refractivity (Wildman–Crippen MR) is 330 cm³/mol. The number of hydrogen-bond donors (Lipinski definition) is 0. The van der Waals surface area contributed by atoms with E-state index in [1.165, 1.54) is 154 Å². The van der Waals surface area contributed by atoms with Crippen molar-refractivity contribution >= 4 is 112 Å². The summed E-state index contributed by atoms with van der Waals surface area (Å²) in [5.41, 5.74) is 31.0. The second-order valence-electron chi connectivity index (χ2n) is 30.3. The topological polar surface area (TPSA) is 14.8 Å². The smallest absolute Gasteiger partial charge is 0.252 e. The van der Waals surface area contributed by atoms with E-state index in [2.05, 4.69) is 237 Å². The summed E-state index contributed by atoms with van der Waals surface area (Å²) in [6.07, 6.45) is 1.03. The molecule has 10 aromatic rings. The van der Waals surface area contributed by atoms with Crippen LogP contribution in [0.5, 0.6) is 0 Å². The summed E-state index contributed by atoms with van der Waals surface area (Å²) in [5, 5.41) is 8.29. The summed E-state index contributed by atoms with van der Waals surface area (Å²) >= 11 is 0. The lowest BCUT2D eigenvalue weighted by Crippen LogP contribution is -2.67. The molecule has 0 saturated carbocycles. The molecule has 0 spiro atoms. The Morgan fingerprint density at radius 1 is 0.347 bits per heavy atom. The zero-order valence-corrected chi connectivity index (χ0v) is 48.9. The molecule has 0 bridgehead atoms. The molecule has 4 aliphatic rings. The summed E-state index contributed by atoms with van der Waals surface area (Å²) in [6, 6.07) is 36.1. The monoisotopic (exact) mass is 982 g/mol. The van der Waals surface area contributed by atoms with Gasteiger partial charge in [0, 0.05) is 77.0 Å². The van der Waals surface area contributed by atoms with E-state index in [1.54, 1.807) is 0 Å². The first-order chi connectivity index (χ1) is 34.9. The minimum absolute atomic E-state index is 0.0222. The lowest BCUT2D eigenvalue weighted by Gasteiger charge is -2.44. The first-order valence-electron chi connectivity index (χ1n) is 28.6. The summed E-state index contributed by atoms with van der Waals surface area (Å²) in [7, 11) is 0. The van der Waals surface area contributed by atoms with Gasteiger partial charge in [-0.3, -0.25) is 0 Å². The van der Waals surface area contributed by atoms with Crippen molar-refractivity contribution in [3.63, 3.8) is 0 Å². The highest BCUT2D eigenvalue weighted by Crippen LogP contribution is 2.50. The van der Waals surface area contributed by atoms with Gasteiger partial charge in [-0.25, -0.2) is 0 Å². The van der Waals surface area contributed by atoms with E-state index in [0.717, 1.165) is 6.42 Å². The van der Waals surface area contributed by atoms with Crippen LogP contribution in [0.2, 0.25) is 0 Å². The average molecular weight is 982 g/mol. The van der Waals surface area contributed by atoms with Crippen molar-refractivity contribution in [1.82, 2.24) is 13.7 Å². The molecule has 3 nitrogen and oxygen atoms in total. The number of rotatable bonds is 2. The van der Waals surface area contributed by atoms with E-state index in [1.807, 2.05) is 0 Å². The van der Waals surface area contributed by atoms with Gasteiger partial charge in [-0.2, -0.15) is 0 Å². The lowest BCUT2D eigenvalue weighted by atomic mass is 9.29. The lowest BCUT2D eigenvalue weighted by molar-refractivity contribution is 0.590. The first kappa shape index (κ1) is 47.5. The highest BCUT2D eigenvalue weighted by atomic mass is 15.1. The van der Waals surface area contributed by atoms with Crippen LogP contribution in [0.15, 0.2) is 84.9 Å². The number of aromatic nitrogens is 3. The van der Waals surface area contributed by atoms with Crippen LogP contribution in [-0.2, 0) is 32.5 Å². The molecular weight excluding hydrogens is 904 g/mol. The zero-order chi connectivity index (χ0) is 53.2. The van der Waals surface area contributed by atoms with Gasteiger partial charge in [0.2, 0.25) is 0 Å². The Morgan fingerprint density at radius 2 is 0.640 bits per heavy atom. The maximum Gasteiger partial charge on any atom is 0.252 e. The molecule has 0 N–H and O–H groups in total. The number of benzene rings is 7. The third-order valence-corrected chi connectivity index (χ3v) is 19.1. The molecule has 7 heterocycles. The van der Waals surface area contributed by atoms with Crippen molar-refractivity contribution < 1.29 is 0 Å². The molecule has 1 unspecified atom stereocenters. The van der Waals surface area contributed by atoms with Crippen LogP contribution in [0.1, 0.15) is 190 Å². The van der Waals surface area contributed by atoms with Crippen molar-refractivity contribution in [2.45, 2.75) is 183 Å². The van der Waals surface area contributed by atoms with E-state index in [0.29, 0.717) is 0 Å². The first-order valence-corrected chi connectivity index (χ1v) is 28.6. The van der Waals surface area contributed by atoms with E-state index in [4.69, 9.17) is 0 Å². The Balaban J connectivity index is 1.33. The Labute approximate surface area is 447 Å². The van der Waals surface area contributed by atoms with Gasteiger partial charge in [-0.05, 0) is 147 Å². The molecule has 0 aliphatic carbocycles. The van der Waals surface area contributed by atoms with Gasteiger partial charge >= 0.3 is 0 Å². The molecule has 378 valence electrons. The van der Waals surface area contributed by atoms with Gasteiger partial charge in [-0.15, -0.1) is 0 Å². The normalized spacial score (nSPS) is 15.4. The Kier molecular flexibility index (Phi) is 8.97. The van der Waals surface area contributed by atoms with Crippen LogP contribution < -0.4 is 32.8 Å². The van der Waals surface area contributed by atoms with E-state index >= 15 is 0 Å². The molecule has 7 aromatic carbocycles. The van der Waals surface area contributed by atoms with Gasteiger partial charge in [-0.1, -0.05) is 187 Å². The van der Waals surface area contributed by atoms with Crippen molar-refractivity contribution in [2.24, 2.45) is 0 Å². The van der Waals surface area contributed by atoms with Crippen LogP contribution in [0.25, 0.3) is 82.5 Å². The van der Waals surface area contributed by atoms with Crippen LogP contribution in [0.4, 0.5) is 0 Å². The van der Waals surface area contributed by atoms with Crippen LogP contribution in [0, 0.1) is 0 Å². The fraction of sp³-hybridized carbons (Fsp3) is 0.400. The number of fused-ring (bicyclic) bond motifs is 13. The second kappa shape index (κ2) is 14.2. The van der Waals surface area contributed by atoms with Crippen LogP contribution >= 0.6 is 0 Å². The Morgan fingerprint density at radius 3 is 0.933 bits per heavy atom. The highest BCUT2D eigenvalue weighted by Gasteiger charge is 2.52. The van der Waals surface area contributed by atoms with E-state index < -0.39 is 0 Å². The second-order valence-corrected chi connectivity index (χ2v) is 30.3. The Bertz CT molecular complexity index is 4020. The van der Waals surface area contributed by atoms with E-state index in [-0.39, 0.29) is 51.8 Å². The molecule has 1 atom stereocenters. The third kappa shape index (κ3) is 6.03. The minimum Gasteiger partial charge on any atom is -0.311 e. The maximum absolute atomic E-state index is 2.86. The standard InChI is InChI=1S/C70H77B2N3/c1-21-36(2)55-62-56-64-57-63(55)74-54-35-38(66(6,7)8)23-25-44(54)46-27-40(68(12,13)14)31-50(59(46)74)72(57)52-33-42(70(18,19)20)29-48-47-28-41(69(15,16)17)32-51(60(47)75(64)61(48)52)71(56)49-30-39(67(9,10)11)26-45-43-24-22-37(65(3,4)5)34-53(43)73(62)58(45)49/h22-36H,21H2,1-20H3. The van der Waals surface area contributed by atoms with E-state index in [9.17, 15) is 0 Å². The molecule has 75 heavy (non-hydrogen) atoms. The molecule has 4 aliphatic heterocycles. The Hall–Kier alpha value is -5.93. The molecule has 0 amide bonds. The molecule has 3 aromatic heterocycles. The van der Waals surface area contributed by atoms with Gasteiger partial charge < -0.3 is 13.7 Å². The van der Waals surface area contributed by atoms with Gasteiger partial charge in [0.1, 0.15) is 0 Å². The molecule has 0 saturated heterocycles. The summed E-state index contributed by atoms with van der Waals surface area (Å²) in [6.45, 7) is 48.4. The fourth-order valence-electron chi connectivity index (χ4n) is 14.6. The summed E-state index contributed by atoms with van der Waals surface area (Å²) in [5.74, 6) is 0.245. The van der Waals surface area contributed by atoms with Gasteiger partial charge in [0.15, 0.2) is 0 Å². The fourth-order valence-corrected chi connectivity index (χ4v) is 14.6. The largest absolute Gasteiger partial charge is 0.311 e. The molecule has 0 fully saturated rings. The predicted octanol–water partition coefficient (Wildman–Crippen LogP) is 14.6. The minimum atomic E-state index is -0.0692. The maximum atomic E-state index is 2.86. The zero-order valence-electron chi connectivity index (χ0n) is 48.9. The van der Waals surface area contributed by atoms with Gasteiger partial charge in [0.05, 0.1) is 11.0 Å². The molecule has 5 heteroatoms. The van der Waals surface area contributed by atoms with Crippen molar-refractivity contribution in [2.75, 3.05) is 0 Å². The summed E-state index contributed by atoms with van der Waals surface area (Å²) < 4.78 is 8.55. The van der Waals surface area contributed by atoms with Crippen LogP contribution in [0.3, 0.4) is 0 Å². The quantitative estimate of drug-likeness (QED) is 0.153. The van der Waals surface area contributed by atoms with Crippen LogP contribution in [-0.4, -0.2) is 27.1 Å².